The average molecular weight is 278 g/mol. The van der Waals surface area contributed by atoms with E-state index < -0.39 is 0 Å². The van der Waals surface area contributed by atoms with E-state index in [1.807, 2.05) is 11.6 Å². The van der Waals surface area contributed by atoms with E-state index in [0.29, 0.717) is 11.8 Å². The lowest BCUT2D eigenvalue weighted by molar-refractivity contribution is 0.422. The Morgan fingerprint density at radius 3 is 2.47 bits per heavy atom. The number of aryl methyl sites for hydroxylation is 2. The van der Waals surface area contributed by atoms with E-state index in [9.17, 15) is 0 Å². The highest BCUT2D eigenvalue weighted by Crippen LogP contribution is 2.12. The number of hydrogen-bond acceptors (Lipinski definition) is 2. The van der Waals surface area contributed by atoms with Gasteiger partial charge in [0.15, 0.2) is 0 Å². The topological polar surface area (TPSA) is 29.9 Å². The van der Waals surface area contributed by atoms with E-state index in [2.05, 4.69) is 30.3 Å². The molecule has 0 aliphatic heterocycles. The zero-order chi connectivity index (χ0) is 12.9. The first kappa shape index (κ1) is 14.8. The molecule has 0 amide bonds. The fourth-order valence-corrected chi connectivity index (χ4v) is 2.01. The summed E-state index contributed by atoms with van der Waals surface area (Å²) in [5.41, 5.74) is 2.09. The van der Waals surface area contributed by atoms with Crippen molar-refractivity contribution in [1.82, 2.24) is 15.1 Å². The largest absolute Gasteiger partial charge is 0.304 e. The van der Waals surface area contributed by atoms with Crippen LogP contribution in [0.3, 0.4) is 0 Å². The second-order valence-electron chi connectivity index (χ2n) is 4.48. The summed E-state index contributed by atoms with van der Waals surface area (Å²) in [5, 5.41) is 7.91. The summed E-state index contributed by atoms with van der Waals surface area (Å²) in [6, 6.07) is 2.14. The second-order valence-corrected chi connectivity index (χ2v) is 5.01. The van der Waals surface area contributed by atoms with Gasteiger partial charge in [0.05, 0.1) is 11.4 Å². The van der Waals surface area contributed by atoms with Crippen LogP contribution in [0, 0.1) is 0 Å². The van der Waals surface area contributed by atoms with Crippen molar-refractivity contribution >= 4 is 23.2 Å². The molecule has 0 aliphatic rings. The fraction of sp³-hybridized carbons (Fsp3) is 0.750. The third-order valence-corrected chi connectivity index (χ3v) is 4.04. The molecule has 0 radical (unpaired) electrons. The smallest absolute Gasteiger partial charge is 0.0625 e. The van der Waals surface area contributed by atoms with Gasteiger partial charge in [-0.15, -0.1) is 23.2 Å². The highest BCUT2D eigenvalue weighted by atomic mass is 35.5. The van der Waals surface area contributed by atoms with Crippen LogP contribution < -0.4 is 5.32 Å². The third kappa shape index (κ3) is 3.87. The van der Waals surface area contributed by atoms with Gasteiger partial charge >= 0.3 is 0 Å². The van der Waals surface area contributed by atoms with Gasteiger partial charge in [-0.1, -0.05) is 6.92 Å². The maximum atomic E-state index is 5.91. The van der Waals surface area contributed by atoms with Crippen molar-refractivity contribution in [2.75, 3.05) is 11.8 Å². The van der Waals surface area contributed by atoms with E-state index in [4.69, 9.17) is 23.2 Å². The van der Waals surface area contributed by atoms with Crippen LogP contribution in [0.1, 0.15) is 32.2 Å². The van der Waals surface area contributed by atoms with Crippen molar-refractivity contribution < 1.29 is 0 Å². The zero-order valence-electron chi connectivity index (χ0n) is 10.8. The molecule has 0 saturated heterocycles. The van der Waals surface area contributed by atoms with Gasteiger partial charge in [0, 0.05) is 30.4 Å². The molecule has 0 fully saturated rings. The van der Waals surface area contributed by atoms with Crippen molar-refractivity contribution in [1.29, 1.82) is 0 Å². The molecule has 1 N–H and O–H groups in total. The Hall–Kier alpha value is -0.250. The fourth-order valence-electron chi connectivity index (χ4n) is 1.54. The summed E-state index contributed by atoms with van der Waals surface area (Å²) in [6.07, 6.45) is 0.961. The average Bonchev–Trinajstić information content (AvgIpc) is 2.78. The van der Waals surface area contributed by atoms with Gasteiger partial charge in [-0.25, -0.2) is 0 Å². The molecule has 1 heterocycles. The van der Waals surface area contributed by atoms with Crippen LogP contribution in [0.4, 0.5) is 0 Å². The molecule has 0 bridgehead atoms. The maximum absolute atomic E-state index is 5.91. The maximum Gasteiger partial charge on any atom is 0.0625 e. The number of alkyl halides is 2. The molecule has 1 aromatic rings. The molecule has 98 valence electrons. The van der Waals surface area contributed by atoms with Crippen molar-refractivity contribution in [3.8, 4) is 0 Å². The van der Waals surface area contributed by atoms with Crippen molar-refractivity contribution in [3.05, 3.63) is 17.5 Å². The van der Waals surface area contributed by atoms with Gasteiger partial charge in [-0.05, 0) is 26.3 Å². The lowest BCUT2D eigenvalue weighted by atomic mass is 10.1. The Balaban J connectivity index is 2.71. The standard InChI is InChI=1S/C12H21Cl2N3/c1-4-10-6-11(17(5-2)16-10)7-15-12(3,8-13)9-14/h6,15H,4-5,7-9H2,1-3H3. The minimum Gasteiger partial charge on any atom is -0.304 e. The first-order chi connectivity index (χ1) is 8.08. The molecule has 5 heteroatoms. The molecule has 3 nitrogen and oxygen atoms in total. The highest BCUT2D eigenvalue weighted by molar-refractivity contribution is 6.22. The van der Waals surface area contributed by atoms with Crippen LogP contribution in [0.2, 0.25) is 0 Å². The molecule has 1 aromatic heterocycles. The first-order valence-electron chi connectivity index (χ1n) is 6.01. The summed E-state index contributed by atoms with van der Waals surface area (Å²) in [6.45, 7) is 7.87. The van der Waals surface area contributed by atoms with E-state index in [1.54, 1.807) is 0 Å². The van der Waals surface area contributed by atoms with Gasteiger partial charge in [0.1, 0.15) is 0 Å². The summed E-state index contributed by atoms with van der Waals surface area (Å²) >= 11 is 11.8. The highest BCUT2D eigenvalue weighted by Gasteiger charge is 2.21. The molecule has 1 rings (SSSR count). The molecule has 0 aliphatic carbocycles. The van der Waals surface area contributed by atoms with Gasteiger partial charge in [-0.2, -0.15) is 5.10 Å². The van der Waals surface area contributed by atoms with Gasteiger partial charge < -0.3 is 5.32 Å². The van der Waals surface area contributed by atoms with Crippen LogP contribution in [-0.2, 0) is 19.5 Å². The van der Waals surface area contributed by atoms with Crippen molar-refractivity contribution in [2.24, 2.45) is 0 Å². The number of hydrogen-bond donors (Lipinski definition) is 1. The molecule has 0 aromatic carbocycles. The molecule has 0 atom stereocenters. The molecule has 17 heavy (non-hydrogen) atoms. The predicted molar refractivity (Wildman–Crippen MR) is 74.0 cm³/mol. The Morgan fingerprint density at radius 1 is 1.35 bits per heavy atom. The molecular formula is C12H21Cl2N3. The number of nitrogens with zero attached hydrogens (tertiary/aromatic N) is 2. The van der Waals surface area contributed by atoms with Gasteiger partial charge in [-0.3, -0.25) is 4.68 Å². The first-order valence-corrected chi connectivity index (χ1v) is 7.08. The number of rotatable bonds is 7. The van der Waals surface area contributed by atoms with Crippen LogP contribution in [0.25, 0.3) is 0 Å². The van der Waals surface area contributed by atoms with Crippen molar-refractivity contribution in [2.45, 2.75) is 45.8 Å². The molecule has 0 saturated carbocycles. The Kier molecular flexibility index (Phi) is 5.77. The van der Waals surface area contributed by atoms with Crippen LogP contribution >= 0.6 is 23.2 Å². The lowest BCUT2D eigenvalue weighted by Crippen LogP contribution is -2.45. The number of halogens is 2. The summed E-state index contributed by atoms with van der Waals surface area (Å²) < 4.78 is 2.02. The Bertz CT molecular complexity index is 346. The van der Waals surface area contributed by atoms with Gasteiger partial charge in [0.2, 0.25) is 0 Å². The van der Waals surface area contributed by atoms with E-state index in [1.165, 1.54) is 5.69 Å². The summed E-state index contributed by atoms with van der Waals surface area (Å²) in [4.78, 5) is 0. The second kappa shape index (κ2) is 6.62. The SMILES string of the molecule is CCc1cc(CNC(C)(CCl)CCl)n(CC)n1. The monoisotopic (exact) mass is 277 g/mol. The van der Waals surface area contributed by atoms with E-state index in [0.717, 1.165) is 25.2 Å². The Labute approximate surface area is 113 Å². The molecule has 0 spiro atoms. The molecular weight excluding hydrogens is 257 g/mol. The lowest BCUT2D eigenvalue weighted by Gasteiger charge is -2.26. The third-order valence-electron chi connectivity index (χ3n) is 2.86. The normalized spacial score (nSPS) is 12.1. The number of nitrogens with one attached hydrogen (secondary N) is 1. The van der Waals surface area contributed by atoms with Crippen molar-refractivity contribution in [3.63, 3.8) is 0 Å². The van der Waals surface area contributed by atoms with Crippen LogP contribution in [0.15, 0.2) is 6.07 Å². The van der Waals surface area contributed by atoms with Crippen LogP contribution in [0.5, 0.6) is 0 Å². The van der Waals surface area contributed by atoms with Gasteiger partial charge in [0.25, 0.3) is 0 Å². The zero-order valence-corrected chi connectivity index (χ0v) is 12.3. The predicted octanol–water partition coefficient (Wildman–Crippen LogP) is 2.79. The minimum absolute atomic E-state index is 0.224. The summed E-state index contributed by atoms with van der Waals surface area (Å²) in [5.74, 6) is 0.995. The summed E-state index contributed by atoms with van der Waals surface area (Å²) in [7, 11) is 0. The minimum atomic E-state index is -0.224. The van der Waals surface area contributed by atoms with E-state index in [-0.39, 0.29) is 5.54 Å². The Morgan fingerprint density at radius 2 is 2.00 bits per heavy atom. The van der Waals surface area contributed by atoms with Crippen LogP contribution in [-0.4, -0.2) is 27.1 Å². The molecule has 0 unspecified atom stereocenters. The number of aromatic nitrogens is 2. The quantitative estimate of drug-likeness (QED) is 0.777. The van der Waals surface area contributed by atoms with E-state index >= 15 is 0 Å².